The van der Waals surface area contributed by atoms with E-state index in [-0.39, 0.29) is 10.9 Å². The molecule has 0 aliphatic carbocycles. The number of sulfonamides is 1. The van der Waals surface area contributed by atoms with Crippen molar-refractivity contribution in [2.75, 3.05) is 40.3 Å². The molecular weight excluding hydrogens is 407 g/mol. The summed E-state index contributed by atoms with van der Waals surface area (Å²) in [5.41, 5.74) is 1.93. The van der Waals surface area contributed by atoms with Crippen molar-refractivity contribution in [1.82, 2.24) is 19.1 Å². The van der Waals surface area contributed by atoms with E-state index in [4.69, 9.17) is 0 Å². The predicted molar refractivity (Wildman–Crippen MR) is 113 cm³/mol. The van der Waals surface area contributed by atoms with E-state index in [1.54, 1.807) is 50.6 Å². The number of nitrogens with zero attached hydrogens (tertiary/aromatic N) is 3. The summed E-state index contributed by atoms with van der Waals surface area (Å²) in [7, 11) is -0.295. The lowest BCUT2D eigenvalue weighted by molar-refractivity contribution is 0.220. The Labute approximate surface area is 174 Å². The van der Waals surface area contributed by atoms with E-state index in [0.717, 1.165) is 11.1 Å². The van der Waals surface area contributed by atoms with Crippen molar-refractivity contribution in [1.29, 1.82) is 0 Å². The number of carbonyl (C=O) groups excluding carboxylic acids is 1. The molecule has 2 heterocycles. The lowest BCUT2D eigenvalue weighted by Gasteiger charge is -2.26. The van der Waals surface area contributed by atoms with Gasteiger partial charge in [0, 0.05) is 57.4 Å². The van der Waals surface area contributed by atoms with Crippen molar-refractivity contribution in [3.8, 4) is 11.1 Å². The molecule has 2 aromatic carbocycles. The van der Waals surface area contributed by atoms with E-state index in [9.17, 15) is 17.6 Å². The molecule has 0 radical (unpaired) electrons. The number of piperazine rings is 1. The van der Waals surface area contributed by atoms with Gasteiger partial charge in [0.25, 0.3) is 0 Å². The molecule has 0 atom stereocenters. The summed E-state index contributed by atoms with van der Waals surface area (Å²) < 4.78 is 42.4. The van der Waals surface area contributed by atoms with E-state index >= 15 is 0 Å². The Morgan fingerprint density at radius 2 is 1.73 bits per heavy atom. The maximum Gasteiger partial charge on any atom is 0.328 e. The zero-order valence-electron chi connectivity index (χ0n) is 16.8. The van der Waals surface area contributed by atoms with Crippen molar-refractivity contribution in [2.24, 2.45) is 0 Å². The van der Waals surface area contributed by atoms with Crippen LogP contribution in [-0.2, 0) is 10.0 Å². The molecule has 1 aromatic heterocycles. The standard InChI is InChI=1S/C21H23FN4O3S/c1-24(2)21(27)26-14-19(18-8-5-16(22)13-20(18)26)15-3-6-17(7-4-15)30(28,29)25-11-9-23-10-12-25/h3-8,13-14,23H,9-12H2,1-2H3. The molecule has 0 unspecified atom stereocenters. The minimum Gasteiger partial charge on any atom is -0.330 e. The fourth-order valence-electron chi connectivity index (χ4n) is 3.64. The quantitative estimate of drug-likeness (QED) is 0.693. The Morgan fingerprint density at radius 1 is 1.07 bits per heavy atom. The number of hydrogen-bond acceptors (Lipinski definition) is 4. The zero-order valence-corrected chi connectivity index (χ0v) is 17.6. The van der Waals surface area contributed by atoms with Gasteiger partial charge < -0.3 is 10.2 Å². The molecule has 1 aliphatic rings. The fourth-order valence-corrected chi connectivity index (χ4v) is 5.09. The fraction of sp³-hybridized carbons (Fsp3) is 0.286. The Balaban J connectivity index is 1.75. The van der Waals surface area contributed by atoms with E-state index in [0.29, 0.717) is 37.1 Å². The second kappa shape index (κ2) is 7.82. The molecule has 1 aliphatic heterocycles. The number of fused-ring (bicyclic) bond motifs is 1. The van der Waals surface area contributed by atoms with Crippen LogP contribution >= 0.6 is 0 Å². The summed E-state index contributed by atoms with van der Waals surface area (Å²) in [6, 6.07) is 10.6. The van der Waals surface area contributed by atoms with Crippen LogP contribution in [0.25, 0.3) is 22.0 Å². The number of hydrogen-bond donors (Lipinski definition) is 1. The molecular formula is C21H23FN4O3S. The molecule has 0 spiro atoms. The molecule has 1 N–H and O–H groups in total. The normalized spacial score (nSPS) is 15.4. The van der Waals surface area contributed by atoms with Gasteiger partial charge in [0.2, 0.25) is 10.0 Å². The van der Waals surface area contributed by atoms with Crippen LogP contribution in [0.3, 0.4) is 0 Å². The van der Waals surface area contributed by atoms with Gasteiger partial charge in [-0.2, -0.15) is 4.31 Å². The summed E-state index contributed by atoms with van der Waals surface area (Å²) in [6.07, 6.45) is 1.66. The number of benzene rings is 2. The first kappa shape index (κ1) is 20.5. The first-order valence-electron chi connectivity index (χ1n) is 9.62. The molecule has 4 rings (SSSR count). The maximum atomic E-state index is 13.8. The number of amides is 1. The predicted octanol–water partition coefficient (Wildman–Crippen LogP) is 2.57. The average molecular weight is 431 g/mol. The topological polar surface area (TPSA) is 74.7 Å². The number of aromatic nitrogens is 1. The van der Waals surface area contributed by atoms with Crippen molar-refractivity contribution < 1.29 is 17.6 Å². The van der Waals surface area contributed by atoms with Gasteiger partial charge in [-0.25, -0.2) is 17.6 Å². The van der Waals surface area contributed by atoms with E-state index in [2.05, 4.69) is 5.32 Å². The summed E-state index contributed by atoms with van der Waals surface area (Å²) in [4.78, 5) is 14.2. The lowest BCUT2D eigenvalue weighted by Crippen LogP contribution is -2.46. The SMILES string of the molecule is CN(C)C(=O)n1cc(-c2ccc(S(=O)(=O)N3CCNCC3)cc2)c2ccc(F)cc21. The number of carbonyl (C=O) groups is 1. The number of rotatable bonds is 3. The van der Waals surface area contributed by atoms with E-state index in [1.807, 2.05) is 0 Å². The van der Waals surface area contributed by atoms with Crippen LogP contribution in [-0.4, -0.2) is 68.5 Å². The van der Waals surface area contributed by atoms with Crippen molar-refractivity contribution in [2.45, 2.75) is 4.90 Å². The molecule has 9 heteroatoms. The molecule has 7 nitrogen and oxygen atoms in total. The molecule has 0 bridgehead atoms. The number of halogens is 1. The van der Waals surface area contributed by atoms with Gasteiger partial charge in [-0.15, -0.1) is 0 Å². The van der Waals surface area contributed by atoms with Gasteiger partial charge in [-0.3, -0.25) is 4.57 Å². The first-order chi connectivity index (χ1) is 14.3. The van der Waals surface area contributed by atoms with E-state index in [1.165, 1.54) is 25.9 Å². The lowest BCUT2D eigenvalue weighted by atomic mass is 10.1. The van der Waals surface area contributed by atoms with Gasteiger partial charge in [0.05, 0.1) is 10.4 Å². The highest BCUT2D eigenvalue weighted by Crippen LogP contribution is 2.32. The number of nitrogens with one attached hydrogen (secondary N) is 1. The average Bonchev–Trinajstić information content (AvgIpc) is 3.12. The van der Waals surface area contributed by atoms with Crippen molar-refractivity contribution in [3.63, 3.8) is 0 Å². The second-order valence-electron chi connectivity index (χ2n) is 7.43. The van der Waals surface area contributed by atoms with Crippen LogP contribution < -0.4 is 5.32 Å². The Morgan fingerprint density at radius 3 is 2.37 bits per heavy atom. The maximum absolute atomic E-state index is 13.8. The Bertz CT molecular complexity index is 1200. The Kier molecular flexibility index (Phi) is 5.35. The van der Waals surface area contributed by atoms with Gasteiger partial charge >= 0.3 is 6.03 Å². The molecule has 30 heavy (non-hydrogen) atoms. The van der Waals surface area contributed by atoms with Crippen LogP contribution in [0, 0.1) is 5.82 Å². The summed E-state index contributed by atoms with van der Waals surface area (Å²) in [5.74, 6) is -0.433. The van der Waals surface area contributed by atoms with Gasteiger partial charge in [-0.05, 0) is 35.9 Å². The monoisotopic (exact) mass is 430 g/mol. The van der Waals surface area contributed by atoms with Crippen LogP contribution in [0.2, 0.25) is 0 Å². The molecule has 0 saturated carbocycles. The van der Waals surface area contributed by atoms with Crippen LogP contribution in [0.1, 0.15) is 0 Å². The third-order valence-electron chi connectivity index (χ3n) is 5.24. The smallest absolute Gasteiger partial charge is 0.328 e. The molecule has 3 aromatic rings. The molecule has 1 saturated heterocycles. The third kappa shape index (κ3) is 3.60. The van der Waals surface area contributed by atoms with Crippen LogP contribution in [0.5, 0.6) is 0 Å². The highest BCUT2D eigenvalue weighted by Gasteiger charge is 2.26. The van der Waals surface area contributed by atoms with E-state index < -0.39 is 15.8 Å². The second-order valence-corrected chi connectivity index (χ2v) is 9.37. The molecule has 158 valence electrons. The summed E-state index contributed by atoms with van der Waals surface area (Å²) in [6.45, 7) is 2.14. The summed E-state index contributed by atoms with van der Waals surface area (Å²) >= 11 is 0. The van der Waals surface area contributed by atoms with Gasteiger partial charge in [-0.1, -0.05) is 12.1 Å². The van der Waals surface area contributed by atoms with Gasteiger partial charge in [0.1, 0.15) is 5.82 Å². The minimum atomic E-state index is -3.55. The Hall–Kier alpha value is -2.75. The zero-order chi connectivity index (χ0) is 21.5. The third-order valence-corrected chi connectivity index (χ3v) is 7.15. The minimum absolute atomic E-state index is 0.229. The largest absolute Gasteiger partial charge is 0.330 e. The van der Waals surface area contributed by atoms with Crippen LogP contribution in [0.15, 0.2) is 53.6 Å². The van der Waals surface area contributed by atoms with Crippen LogP contribution in [0.4, 0.5) is 9.18 Å². The molecule has 1 amide bonds. The summed E-state index contributed by atoms with van der Waals surface area (Å²) in [5, 5.41) is 3.86. The van der Waals surface area contributed by atoms with Crippen molar-refractivity contribution >= 4 is 27.0 Å². The first-order valence-corrected chi connectivity index (χ1v) is 11.1. The highest BCUT2D eigenvalue weighted by molar-refractivity contribution is 7.89. The highest BCUT2D eigenvalue weighted by atomic mass is 32.2. The van der Waals surface area contributed by atoms with Gasteiger partial charge in [0.15, 0.2) is 0 Å². The van der Waals surface area contributed by atoms with Crippen molar-refractivity contribution in [3.05, 3.63) is 54.5 Å². The molecule has 1 fully saturated rings.